The molecule has 3 aliphatic heterocycles. The third-order valence-corrected chi connectivity index (χ3v) is 22.3. The maximum atomic E-state index is 13.8. The van der Waals surface area contributed by atoms with Gasteiger partial charge in [-0.1, -0.05) is 88.5 Å². The molecule has 0 bridgehead atoms. The van der Waals surface area contributed by atoms with Crippen molar-refractivity contribution in [2.75, 3.05) is 23.7 Å². The van der Waals surface area contributed by atoms with Gasteiger partial charge in [-0.25, -0.2) is 4.79 Å². The van der Waals surface area contributed by atoms with Gasteiger partial charge in [0.1, 0.15) is 9.79 Å². The van der Waals surface area contributed by atoms with Crippen molar-refractivity contribution < 1.29 is 98.5 Å². The molecule has 1 fully saturated rings. The van der Waals surface area contributed by atoms with E-state index in [1.807, 2.05) is 20.8 Å². The van der Waals surface area contributed by atoms with E-state index in [4.69, 9.17) is 4.84 Å². The maximum absolute atomic E-state index is 13.8. The Hall–Kier alpha value is -7.07. The Kier molecular flexibility index (Phi) is 23.6. The summed E-state index contributed by atoms with van der Waals surface area (Å²) in [7, 11) is -24.9. The third-order valence-electron chi connectivity index (χ3n) is 18.1. The number of Topliss-reactive ketones (excluding diaryl/α,β-unsaturated/α-hetero) is 1. The highest BCUT2D eigenvalue weighted by atomic mass is 32.2. The number of nitrogens with one attached hydrogen (secondary N) is 2. The molecule has 1 saturated heterocycles. The summed E-state index contributed by atoms with van der Waals surface area (Å²) in [5, 5.41) is 6.32. The fraction of sp³-hybridized carbons (Fsp3) is 0.477. The lowest BCUT2D eigenvalue weighted by atomic mass is 9.75. The first kappa shape index (κ1) is 74.7. The highest BCUT2D eigenvalue weighted by Crippen LogP contribution is 2.55. The Morgan fingerprint density at radius 3 is 1.76 bits per heavy atom. The number of amides is 4. The number of hydroxylamine groups is 2. The second-order valence-corrected chi connectivity index (χ2v) is 32.5. The first-order valence-electron chi connectivity index (χ1n) is 31.7. The molecule has 1 aliphatic carbocycles. The van der Waals surface area contributed by atoms with Crippen molar-refractivity contribution in [1.82, 2.24) is 15.7 Å². The minimum atomic E-state index is -5.16. The van der Waals surface area contributed by atoms with Crippen molar-refractivity contribution in [3.63, 3.8) is 0 Å². The number of benzene rings is 4. The van der Waals surface area contributed by atoms with Crippen LogP contribution >= 0.6 is 0 Å². The molecule has 3 heterocycles. The van der Waals surface area contributed by atoms with Crippen molar-refractivity contribution in [1.29, 1.82) is 0 Å². The number of carbonyl (C=O) groups excluding carboxylic acids is 6. The molecule has 522 valence electrons. The van der Waals surface area contributed by atoms with Crippen molar-refractivity contribution >= 4 is 119 Å². The van der Waals surface area contributed by atoms with Crippen LogP contribution in [0.5, 0.6) is 0 Å². The van der Waals surface area contributed by atoms with E-state index in [1.165, 1.54) is 18.2 Å². The van der Waals surface area contributed by atoms with Crippen molar-refractivity contribution in [2.45, 2.75) is 198 Å². The summed E-state index contributed by atoms with van der Waals surface area (Å²) < 4.78 is 179. The fourth-order valence-electron chi connectivity index (χ4n) is 13.5. The second-order valence-electron chi connectivity index (χ2n) is 25.3. The van der Waals surface area contributed by atoms with Gasteiger partial charge in [0.25, 0.3) is 62.4 Å². The van der Waals surface area contributed by atoms with Gasteiger partial charge in [-0.2, -0.15) is 42.1 Å². The van der Waals surface area contributed by atoms with Crippen LogP contribution in [0.4, 0.5) is 5.69 Å². The summed E-state index contributed by atoms with van der Waals surface area (Å²) >= 11 is 0. The number of anilines is 1. The highest BCUT2D eigenvalue weighted by molar-refractivity contribution is 7.87. The van der Waals surface area contributed by atoms with E-state index in [9.17, 15) is 93.6 Å². The molecule has 4 aliphatic rings. The van der Waals surface area contributed by atoms with Gasteiger partial charge in [0.2, 0.25) is 11.8 Å². The van der Waals surface area contributed by atoms with Crippen LogP contribution in [-0.4, -0.2) is 130 Å². The third kappa shape index (κ3) is 18.0. The van der Waals surface area contributed by atoms with Crippen LogP contribution in [0, 0.1) is 0 Å². The van der Waals surface area contributed by atoms with Crippen molar-refractivity contribution in [3.8, 4) is 0 Å². The topological polar surface area (TPSA) is 414 Å². The molecule has 4 amide bonds. The first-order chi connectivity index (χ1) is 44.9. The summed E-state index contributed by atoms with van der Waals surface area (Å²) in [4.78, 5) is 80.3. The minimum Gasteiger partial charge on any atom is -0.356 e. The number of rotatable bonds is 17. The predicted molar refractivity (Wildman–Crippen MR) is 354 cm³/mol. The summed E-state index contributed by atoms with van der Waals surface area (Å²) in [6.45, 7) is 5.66. The van der Waals surface area contributed by atoms with Crippen LogP contribution in [0.3, 0.4) is 0 Å². The monoisotopic (exact) mass is 1430 g/mol. The van der Waals surface area contributed by atoms with E-state index in [0.717, 1.165) is 17.7 Å². The zero-order chi connectivity index (χ0) is 70.3. The van der Waals surface area contributed by atoms with Gasteiger partial charge in [0.05, 0.1) is 21.6 Å². The molecule has 96 heavy (non-hydrogen) atoms. The molecule has 2 atom stereocenters. The minimum absolute atomic E-state index is 0.0134. The quantitative estimate of drug-likeness (QED) is 0.0294. The van der Waals surface area contributed by atoms with Gasteiger partial charge >= 0.3 is 5.97 Å². The Balaban J connectivity index is 1.14. The van der Waals surface area contributed by atoms with Gasteiger partial charge in [0.15, 0.2) is 5.78 Å². The Bertz CT molecular complexity index is 4480. The number of ketones is 1. The zero-order valence-corrected chi connectivity index (χ0v) is 57.5. The van der Waals surface area contributed by atoms with Crippen LogP contribution < -0.4 is 15.5 Å². The molecule has 2 unspecified atom stereocenters. The van der Waals surface area contributed by atoms with Gasteiger partial charge in [-0.05, 0) is 153 Å². The smallest absolute Gasteiger partial charge is 0.333 e. The number of carbonyl (C=O) groups is 6. The number of nitrogens with zero attached hydrogens (tertiary/aromatic N) is 2. The standard InChI is InChI=1S/C65H80N4O22S5/c1-64(2)50-21-10-7-12-24-56-65(3,63-49-39-43(94(82,83)84)41-55(96(88,89)90)46(49)30-31-52(63)68(56)36-19-37-92(76,77)78)34-17-8-14-25-57(71)66-35-18-16-22-51(53(70)23-11-4-5-15-27-61(75)91-69-59(73)32-33-60(69)74)67-58(72)26-13-6-9-20-44(50)47-29-28-45-48(62(47)64)38-42(93(79,80)81)40-54(45)95(85,86)87/h7,10,12,21,24,28-31,38-41,51H,4-6,8-9,11,13-20,22-23,25-27,32-37H2,1-3H3,(H,66,71)(H,67,72)(H,76,77,78)(H,79,80,81)(H,82,83,84)(H,85,86,87)(H,88,89,90)/b12-7+,21-10+,56-24-. The molecule has 26 nitrogen and oxygen atoms in total. The molecule has 0 spiro atoms. The summed E-state index contributed by atoms with van der Waals surface area (Å²) in [5.74, 6) is -3.38. The van der Waals surface area contributed by atoms with Crippen LogP contribution in [0.2, 0.25) is 0 Å². The van der Waals surface area contributed by atoms with E-state index in [1.54, 1.807) is 41.3 Å². The molecular formula is C65H80N4O22S5. The number of allylic oxidation sites excluding steroid dienone is 8. The normalized spacial score (nSPS) is 21.5. The number of hydrogen-bond acceptors (Lipinski definition) is 18. The molecule has 0 radical (unpaired) electrons. The van der Waals surface area contributed by atoms with E-state index < -0.39 is 111 Å². The van der Waals surface area contributed by atoms with Crippen molar-refractivity contribution in [2.24, 2.45) is 0 Å². The largest absolute Gasteiger partial charge is 0.356 e. The van der Waals surface area contributed by atoms with Crippen LogP contribution in [-0.2, 0) is 95.0 Å². The highest BCUT2D eigenvalue weighted by Gasteiger charge is 2.45. The Morgan fingerprint density at radius 1 is 0.583 bits per heavy atom. The Morgan fingerprint density at radius 2 is 1.16 bits per heavy atom. The summed E-state index contributed by atoms with van der Waals surface area (Å²) in [6.07, 6.45) is 14.8. The molecule has 4 aromatic rings. The molecule has 0 aromatic heterocycles. The van der Waals surface area contributed by atoms with Crippen LogP contribution in [0.15, 0.2) is 110 Å². The molecule has 4 aromatic carbocycles. The SMILES string of the molecule is CC1(C)C2=C(CCCCCC(=O)NC(C(=O)CCCCCCC(=O)ON3C(=O)CCC3=O)CCCCNC(=O)CCCCCC3(C)/C(=C/C=C/C=C/2)N(CCCS(=O)(=O)O)c2ccc4c(S(=O)(=O)O)cc(S(=O)(=O)O)cc4c23)c2ccc3c(S(=O)(=O)O)cc(S(=O)(=O)O)cc3c21. The average Bonchev–Trinajstić information content (AvgIpc) is 1.53. The molecule has 0 saturated carbocycles. The fourth-order valence-corrected chi connectivity index (χ4v) is 16.7. The molecule has 7 N–H and O–H groups in total. The molecule has 31 heteroatoms. The number of imide groups is 1. The van der Waals surface area contributed by atoms with E-state index in [-0.39, 0.29) is 110 Å². The van der Waals surface area contributed by atoms with E-state index in [0.29, 0.717) is 134 Å². The van der Waals surface area contributed by atoms with E-state index in [2.05, 4.69) is 10.6 Å². The van der Waals surface area contributed by atoms with Crippen LogP contribution in [0.25, 0.3) is 27.1 Å². The lowest BCUT2D eigenvalue weighted by Crippen LogP contribution is -2.40. The zero-order valence-electron chi connectivity index (χ0n) is 53.4. The number of unbranched alkanes of at least 4 members (excludes halogenated alkanes) is 3. The van der Waals surface area contributed by atoms with E-state index >= 15 is 0 Å². The second kappa shape index (κ2) is 30.4. The van der Waals surface area contributed by atoms with Gasteiger partial charge in [-0.3, -0.25) is 46.7 Å². The van der Waals surface area contributed by atoms with Gasteiger partial charge < -0.3 is 20.4 Å². The lowest BCUT2D eigenvalue weighted by molar-refractivity contribution is -0.197. The summed E-state index contributed by atoms with van der Waals surface area (Å²) in [6, 6.07) is 8.66. The average molecular weight is 1430 g/mol. The van der Waals surface area contributed by atoms with Gasteiger partial charge in [0, 0.05) is 84.6 Å². The van der Waals surface area contributed by atoms with Crippen molar-refractivity contribution in [3.05, 3.63) is 107 Å². The maximum Gasteiger partial charge on any atom is 0.333 e. The molecular weight excluding hydrogens is 1350 g/mol. The van der Waals surface area contributed by atoms with Gasteiger partial charge in [-0.15, -0.1) is 5.06 Å². The lowest BCUT2D eigenvalue weighted by Gasteiger charge is -2.31. The summed E-state index contributed by atoms with van der Waals surface area (Å²) in [5.41, 5.74) is 1.45. The Labute approximate surface area is 558 Å². The molecule has 8 rings (SSSR count). The van der Waals surface area contributed by atoms with Crippen LogP contribution in [0.1, 0.15) is 179 Å². The first-order valence-corrected chi connectivity index (χ1v) is 39.1. The number of hydrogen-bond donors (Lipinski definition) is 7. The predicted octanol–water partition coefficient (Wildman–Crippen LogP) is 9.28. The number of fused-ring (bicyclic) bond motifs is 9.